The summed E-state index contributed by atoms with van der Waals surface area (Å²) >= 11 is 0. The molecule has 3 rings (SSSR count). The molecule has 0 amide bonds. The fourth-order valence-electron chi connectivity index (χ4n) is 3.41. The van der Waals surface area contributed by atoms with Crippen LogP contribution in [0.4, 0.5) is 13.2 Å². The molecule has 1 N–H and O–H groups in total. The Kier molecular flexibility index (Phi) is 10.2. The summed E-state index contributed by atoms with van der Waals surface area (Å²) in [6.07, 6.45) is -4.60. The first-order valence-electron chi connectivity index (χ1n) is 9.39. The minimum Gasteiger partial charge on any atom is -0.491 e. The first-order chi connectivity index (χ1) is 13.3. The first kappa shape index (κ1) is 26.4. The molecule has 1 atom stereocenters. The van der Waals surface area contributed by atoms with Gasteiger partial charge in [-0.3, -0.25) is 4.90 Å². The summed E-state index contributed by atoms with van der Waals surface area (Å²) in [5.41, 5.74) is 2.00. The predicted molar refractivity (Wildman–Crippen MR) is 116 cm³/mol. The lowest BCUT2D eigenvalue weighted by Gasteiger charge is -2.35. The van der Waals surface area contributed by atoms with Crippen LogP contribution in [-0.4, -0.2) is 43.5 Å². The Labute approximate surface area is 187 Å². The van der Waals surface area contributed by atoms with Gasteiger partial charge in [-0.05, 0) is 49.2 Å². The highest BCUT2D eigenvalue weighted by Gasteiger charge is 2.31. The summed E-state index contributed by atoms with van der Waals surface area (Å²) in [7, 11) is 0. The molecule has 0 aromatic heterocycles. The molecule has 168 valence electrons. The van der Waals surface area contributed by atoms with E-state index in [1.54, 1.807) is 12.1 Å². The van der Waals surface area contributed by atoms with E-state index in [1.165, 1.54) is 12.1 Å². The second-order valence-electron chi connectivity index (χ2n) is 7.04. The van der Waals surface area contributed by atoms with Crippen molar-refractivity contribution in [2.75, 3.05) is 26.2 Å². The minimum absolute atomic E-state index is 0. The molecule has 4 nitrogen and oxygen atoms in total. The lowest BCUT2D eigenvalue weighted by molar-refractivity contribution is -0.274. The number of benzene rings is 2. The average molecular weight is 467 g/mol. The number of piperazine rings is 1. The van der Waals surface area contributed by atoms with Crippen LogP contribution in [0.3, 0.4) is 0 Å². The zero-order valence-corrected chi connectivity index (χ0v) is 18.4. The van der Waals surface area contributed by atoms with Crippen LogP contribution in [0.2, 0.25) is 0 Å². The van der Waals surface area contributed by atoms with E-state index in [0.29, 0.717) is 0 Å². The summed E-state index contributed by atoms with van der Waals surface area (Å²) < 4.78 is 47.0. The fourth-order valence-corrected chi connectivity index (χ4v) is 3.41. The molecule has 0 unspecified atom stereocenters. The van der Waals surface area contributed by atoms with Crippen molar-refractivity contribution in [3.05, 3.63) is 59.7 Å². The molecule has 1 saturated heterocycles. The monoisotopic (exact) mass is 466 g/mol. The quantitative estimate of drug-likeness (QED) is 0.633. The van der Waals surface area contributed by atoms with Crippen LogP contribution in [0.1, 0.15) is 31.0 Å². The maximum Gasteiger partial charge on any atom is 0.573 e. The SMILES string of the molecule is CC(C)Oc1ccc([C@H](c2ccc(OC(F)(F)F)cc2)N2CCNCC2)cc1.Cl.Cl. The predicted octanol–water partition coefficient (Wildman–Crippen LogP) is 5.21. The Morgan fingerprint density at radius 1 is 0.833 bits per heavy atom. The number of ether oxygens (including phenoxy) is 2. The van der Waals surface area contributed by atoms with Crippen LogP contribution in [0.15, 0.2) is 48.5 Å². The highest BCUT2D eigenvalue weighted by Crippen LogP contribution is 2.32. The van der Waals surface area contributed by atoms with E-state index in [0.717, 1.165) is 43.1 Å². The van der Waals surface area contributed by atoms with Crippen molar-refractivity contribution in [1.82, 2.24) is 10.2 Å². The van der Waals surface area contributed by atoms with Gasteiger partial charge in [0.25, 0.3) is 0 Å². The Morgan fingerprint density at radius 2 is 1.30 bits per heavy atom. The highest BCUT2D eigenvalue weighted by molar-refractivity contribution is 5.85. The molecule has 0 radical (unpaired) electrons. The molecular weight excluding hydrogens is 440 g/mol. The maximum atomic E-state index is 12.4. The minimum atomic E-state index is -4.69. The van der Waals surface area contributed by atoms with E-state index in [4.69, 9.17) is 4.74 Å². The van der Waals surface area contributed by atoms with E-state index in [-0.39, 0.29) is 42.7 Å². The van der Waals surface area contributed by atoms with Crippen LogP contribution < -0.4 is 14.8 Å². The van der Waals surface area contributed by atoms with Gasteiger partial charge in [0.2, 0.25) is 0 Å². The van der Waals surface area contributed by atoms with Gasteiger partial charge < -0.3 is 14.8 Å². The van der Waals surface area contributed by atoms with Gasteiger partial charge in [0.05, 0.1) is 12.1 Å². The topological polar surface area (TPSA) is 33.7 Å². The van der Waals surface area contributed by atoms with Crippen LogP contribution in [0.25, 0.3) is 0 Å². The van der Waals surface area contributed by atoms with Crippen molar-refractivity contribution < 1.29 is 22.6 Å². The molecule has 9 heteroatoms. The number of hydrogen-bond acceptors (Lipinski definition) is 4. The third-order valence-corrected chi connectivity index (χ3v) is 4.51. The van der Waals surface area contributed by atoms with Gasteiger partial charge in [-0.15, -0.1) is 38.0 Å². The largest absolute Gasteiger partial charge is 0.573 e. The van der Waals surface area contributed by atoms with Gasteiger partial charge >= 0.3 is 6.36 Å². The van der Waals surface area contributed by atoms with Crippen molar-refractivity contribution in [1.29, 1.82) is 0 Å². The molecule has 1 aliphatic heterocycles. The zero-order valence-electron chi connectivity index (χ0n) is 16.8. The van der Waals surface area contributed by atoms with Gasteiger partial charge in [-0.25, -0.2) is 0 Å². The maximum absolute atomic E-state index is 12.4. The molecule has 0 saturated carbocycles. The van der Waals surface area contributed by atoms with Crippen molar-refractivity contribution in [2.24, 2.45) is 0 Å². The smallest absolute Gasteiger partial charge is 0.491 e. The third kappa shape index (κ3) is 7.54. The summed E-state index contributed by atoms with van der Waals surface area (Å²) in [5.74, 6) is 0.586. The number of alkyl halides is 3. The fraction of sp³-hybridized carbons (Fsp3) is 0.429. The number of nitrogens with zero attached hydrogens (tertiary/aromatic N) is 1. The molecule has 2 aromatic carbocycles. The van der Waals surface area contributed by atoms with Crippen LogP contribution >= 0.6 is 24.8 Å². The van der Waals surface area contributed by atoms with Crippen LogP contribution in [0, 0.1) is 0 Å². The molecule has 0 bridgehead atoms. The normalized spacial score (nSPS) is 15.7. The van der Waals surface area contributed by atoms with Crippen molar-refractivity contribution in [2.45, 2.75) is 32.4 Å². The molecular formula is C21H27Cl2F3N2O2. The molecule has 0 spiro atoms. The zero-order chi connectivity index (χ0) is 20.1. The highest BCUT2D eigenvalue weighted by atomic mass is 35.5. The Hall–Kier alpha value is -1.67. The van der Waals surface area contributed by atoms with E-state index >= 15 is 0 Å². The number of nitrogens with one attached hydrogen (secondary N) is 1. The summed E-state index contributed by atoms with van der Waals surface area (Å²) in [6, 6.07) is 14.0. The molecule has 1 aliphatic rings. The van der Waals surface area contributed by atoms with E-state index in [1.807, 2.05) is 38.1 Å². The van der Waals surface area contributed by atoms with Crippen LogP contribution in [0.5, 0.6) is 11.5 Å². The van der Waals surface area contributed by atoms with Crippen LogP contribution in [-0.2, 0) is 0 Å². The number of rotatable bonds is 6. The van der Waals surface area contributed by atoms with Gasteiger partial charge in [-0.1, -0.05) is 24.3 Å². The summed E-state index contributed by atoms with van der Waals surface area (Å²) in [4.78, 5) is 2.33. The number of halogens is 5. The van der Waals surface area contributed by atoms with Crippen molar-refractivity contribution in [3.63, 3.8) is 0 Å². The standard InChI is InChI=1S/C21H25F3N2O2.2ClH/c1-15(2)27-18-7-3-16(4-8-18)20(26-13-11-25-12-14-26)17-5-9-19(10-6-17)28-21(22,23)24;;/h3-10,15,20,25H,11-14H2,1-2H3;2*1H/t20-;;/m1../s1. The van der Waals surface area contributed by atoms with Crippen molar-refractivity contribution >= 4 is 24.8 Å². The van der Waals surface area contributed by atoms with E-state index in [2.05, 4.69) is 15.0 Å². The summed E-state index contributed by atoms with van der Waals surface area (Å²) in [6.45, 7) is 7.41. The lowest BCUT2D eigenvalue weighted by Crippen LogP contribution is -2.45. The van der Waals surface area contributed by atoms with Gasteiger partial charge in [0.1, 0.15) is 11.5 Å². The lowest BCUT2D eigenvalue weighted by atomic mass is 9.96. The first-order valence-corrected chi connectivity index (χ1v) is 9.39. The Morgan fingerprint density at radius 3 is 1.73 bits per heavy atom. The third-order valence-electron chi connectivity index (χ3n) is 4.51. The second kappa shape index (κ2) is 11.6. The van der Waals surface area contributed by atoms with E-state index < -0.39 is 6.36 Å². The average Bonchev–Trinajstić information content (AvgIpc) is 2.64. The molecule has 1 heterocycles. The van der Waals surface area contributed by atoms with Crippen molar-refractivity contribution in [3.8, 4) is 11.5 Å². The Bertz CT molecular complexity index is 750. The number of hydrogen-bond donors (Lipinski definition) is 1. The molecule has 30 heavy (non-hydrogen) atoms. The molecule has 1 fully saturated rings. The molecule has 0 aliphatic carbocycles. The van der Waals surface area contributed by atoms with Gasteiger partial charge in [0, 0.05) is 26.2 Å². The van der Waals surface area contributed by atoms with Gasteiger partial charge in [-0.2, -0.15) is 0 Å². The van der Waals surface area contributed by atoms with Gasteiger partial charge in [0.15, 0.2) is 0 Å². The summed E-state index contributed by atoms with van der Waals surface area (Å²) in [5, 5.41) is 3.33. The Balaban J connectivity index is 0.00000225. The molecule has 2 aromatic rings. The van der Waals surface area contributed by atoms with E-state index in [9.17, 15) is 13.2 Å². The second-order valence-corrected chi connectivity index (χ2v) is 7.04.